The second-order valence-electron chi connectivity index (χ2n) is 5.27. The molecule has 0 heterocycles. The van der Waals surface area contributed by atoms with Crippen LogP contribution in [0.5, 0.6) is 0 Å². The Balaban J connectivity index is -0.000000386. The molecule has 0 aliphatic heterocycles. The average molecular weight is 407 g/mol. The molecule has 0 aliphatic rings. The fourth-order valence-electron chi connectivity index (χ4n) is 1.91. The summed E-state index contributed by atoms with van der Waals surface area (Å²) in [6.07, 6.45) is 0.770. The van der Waals surface area contributed by atoms with Gasteiger partial charge in [-0.15, -0.1) is 0 Å². The SMILES string of the molecule is C.CC.CC.N[C@@H](Cc1ccccc1)C(=O)O.N[C@H](Cc1ccccc1)C(=O)O. The first-order chi connectivity index (χ1) is 13.4. The Morgan fingerprint density at radius 3 is 1.14 bits per heavy atom. The molecule has 0 aromatic heterocycles. The number of nitrogens with two attached hydrogens (primary N) is 2. The Hall–Kier alpha value is -2.70. The van der Waals surface area contributed by atoms with Gasteiger partial charge in [-0.05, 0) is 24.0 Å². The summed E-state index contributed by atoms with van der Waals surface area (Å²) in [5, 5.41) is 17.0. The summed E-state index contributed by atoms with van der Waals surface area (Å²) < 4.78 is 0. The van der Waals surface area contributed by atoms with Crippen LogP contribution in [0.4, 0.5) is 0 Å². The van der Waals surface area contributed by atoms with Gasteiger partial charge in [-0.3, -0.25) is 9.59 Å². The Bertz CT molecular complexity index is 576. The highest BCUT2D eigenvalue weighted by molar-refractivity contribution is 5.73. The Labute approximate surface area is 175 Å². The van der Waals surface area contributed by atoms with E-state index in [-0.39, 0.29) is 7.43 Å². The lowest BCUT2D eigenvalue weighted by Crippen LogP contribution is -2.32. The fraction of sp³-hybridized carbons (Fsp3) is 0.391. The molecule has 6 N–H and O–H groups in total. The minimum atomic E-state index is -0.959. The number of hydrogen-bond acceptors (Lipinski definition) is 4. The maximum atomic E-state index is 10.4. The third-order valence-corrected chi connectivity index (χ3v) is 3.23. The summed E-state index contributed by atoms with van der Waals surface area (Å²) >= 11 is 0. The average Bonchev–Trinajstić information content (AvgIpc) is 2.73. The van der Waals surface area contributed by atoms with E-state index < -0.39 is 24.0 Å². The van der Waals surface area contributed by atoms with Crippen molar-refractivity contribution in [3.8, 4) is 0 Å². The largest absolute Gasteiger partial charge is 0.480 e. The monoisotopic (exact) mass is 406 g/mol. The zero-order chi connectivity index (χ0) is 21.9. The molecule has 2 atom stereocenters. The highest BCUT2D eigenvalue weighted by Gasteiger charge is 2.11. The van der Waals surface area contributed by atoms with Crippen LogP contribution < -0.4 is 11.5 Å². The normalized spacial score (nSPS) is 10.7. The molecule has 2 aromatic carbocycles. The number of aliphatic carboxylic acids is 2. The molecule has 164 valence electrons. The number of carbonyl (C=O) groups is 2. The summed E-state index contributed by atoms with van der Waals surface area (Å²) in [5.41, 5.74) is 12.6. The van der Waals surface area contributed by atoms with E-state index in [0.29, 0.717) is 12.8 Å². The third-order valence-electron chi connectivity index (χ3n) is 3.23. The molecule has 0 saturated carbocycles. The summed E-state index contributed by atoms with van der Waals surface area (Å²) in [4.78, 5) is 20.8. The van der Waals surface area contributed by atoms with Crippen LogP contribution in [0.1, 0.15) is 46.2 Å². The molecule has 0 unspecified atom stereocenters. The predicted octanol–water partition coefficient (Wildman–Crippen LogP) is 3.97. The molecule has 6 heteroatoms. The molecular formula is C23H38N2O4. The van der Waals surface area contributed by atoms with Crippen molar-refractivity contribution in [3.63, 3.8) is 0 Å². The van der Waals surface area contributed by atoms with E-state index in [9.17, 15) is 9.59 Å². The number of rotatable bonds is 6. The van der Waals surface area contributed by atoms with Crippen molar-refractivity contribution in [1.82, 2.24) is 0 Å². The van der Waals surface area contributed by atoms with E-state index in [0.717, 1.165) is 11.1 Å². The standard InChI is InChI=1S/2C9H11NO2.2C2H6.CH4/c2*10-8(9(11)12)6-7-4-2-1-3-5-7;2*1-2;/h2*1-5,8H,6,10H2,(H,11,12);2*1-2H3;1H4/t2*8-;;;/m10.../s1. The van der Waals surface area contributed by atoms with E-state index in [1.807, 2.05) is 88.4 Å². The van der Waals surface area contributed by atoms with Crippen molar-refractivity contribution in [2.75, 3.05) is 0 Å². The van der Waals surface area contributed by atoms with E-state index in [1.165, 1.54) is 0 Å². The maximum absolute atomic E-state index is 10.4. The first-order valence-electron chi connectivity index (χ1n) is 9.44. The molecule has 0 bridgehead atoms. The molecule has 2 aromatic rings. The number of carboxylic acids is 2. The van der Waals surface area contributed by atoms with E-state index >= 15 is 0 Å². The van der Waals surface area contributed by atoms with Crippen LogP contribution in [-0.4, -0.2) is 34.2 Å². The van der Waals surface area contributed by atoms with Crippen LogP contribution in [0, 0.1) is 0 Å². The Morgan fingerprint density at radius 2 is 0.931 bits per heavy atom. The lowest BCUT2D eigenvalue weighted by molar-refractivity contribution is -0.139. The molecule has 0 aliphatic carbocycles. The highest BCUT2D eigenvalue weighted by Crippen LogP contribution is 2.02. The Kier molecular flexibility index (Phi) is 21.4. The van der Waals surface area contributed by atoms with Crippen molar-refractivity contribution in [1.29, 1.82) is 0 Å². The molecule has 0 fully saturated rings. The van der Waals surface area contributed by atoms with Gasteiger partial charge in [0.1, 0.15) is 12.1 Å². The molecule has 29 heavy (non-hydrogen) atoms. The van der Waals surface area contributed by atoms with E-state index in [2.05, 4.69) is 0 Å². The second-order valence-corrected chi connectivity index (χ2v) is 5.27. The van der Waals surface area contributed by atoms with Crippen LogP contribution in [0.25, 0.3) is 0 Å². The van der Waals surface area contributed by atoms with Crippen LogP contribution in [0.3, 0.4) is 0 Å². The van der Waals surface area contributed by atoms with Crippen molar-refractivity contribution < 1.29 is 19.8 Å². The first-order valence-corrected chi connectivity index (χ1v) is 9.44. The zero-order valence-corrected chi connectivity index (χ0v) is 17.2. The van der Waals surface area contributed by atoms with E-state index in [1.54, 1.807) is 0 Å². The molecule has 6 nitrogen and oxygen atoms in total. The highest BCUT2D eigenvalue weighted by atomic mass is 16.4. The third kappa shape index (κ3) is 16.0. The van der Waals surface area contributed by atoms with E-state index in [4.69, 9.17) is 21.7 Å². The van der Waals surface area contributed by atoms with Crippen LogP contribution in [0.2, 0.25) is 0 Å². The molecule has 0 spiro atoms. The second kappa shape index (κ2) is 20.0. The lowest BCUT2D eigenvalue weighted by atomic mass is 10.1. The van der Waals surface area contributed by atoms with Crippen molar-refractivity contribution in [3.05, 3.63) is 71.8 Å². The van der Waals surface area contributed by atoms with Gasteiger partial charge in [0, 0.05) is 0 Å². The van der Waals surface area contributed by atoms with Gasteiger partial charge in [0.2, 0.25) is 0 Å². The molecule has 2 rings (SSSR count). The summed E-state index contributed by atoms with van der Waals surface area (Å²) in [6, 6.07) is 17.1. The van der Waals surface area contributed by atoms with Crippen LogP contribution in [-0.2, 0) is 22.4 Å². The Morgan fingerprint density at radius 1 is 0.690 bits per heavy atom. The lowest BCUT2D eigenvalue weighted by Gasteiger charge is -2.04. The topological polar surface area (TPSA) is 127 Å². The first kappa shape index (κ1) is 31.0. The predicted molar refractivity (Wildman–Crippen MR) is 121 cm³/mol. The summed E-state index contributed by atoms with van der Waals surface area (Å²) in [6.45, 7) is 8.00. The van der Waals surface area contributed by atoms with Crippen molar-refractivity contribution >= 4 is 11.9 Å². The van der Waals surface area contributed by atoms with Gasteiger partial charge in [-0.2, -0.15) is 0 Å². The minimum Gasteiger partial charge on any atom is -0.480 e. The maximum Gasteiger partial charge on any atom is 0.320 e. The molecule has 0 radical (unpaired) electrons. The molecule has 0 amide bonds. The smallest absolute Gasteiger partial charge is 0.320 e. The van der Waals surface area contributed by atoms with Crippen molar-refractivity contribution in [2.45, 2.75) is 60.0 Å². The molecule has 0 saturated heterocycles. The van der Waals surface area contributed by atoms with Gasteiger partial charge in [-0.1, -0.05) is 95.8 Å². The number of benzene rings is 2. The number of hydrogen-bond donors (Lipinski definition) is 4. The summed E-state index contributed by atoms with van der Waals surface area (Å²) in [7, 11) is 0. The minimum absolute atomic E-state index is 0. The van der Waals surface area contributed by atoms with Gasteiger partial charge < -0.3 is 21.7 Å². The van der Waals surface area contributed by atoms with Gasteiger partial charge >= 0.3 is 11.9 Å². The zero-order valence-electron chi connectivity index (χ0n) is 17.2. The summed E-state index contributed by atoms with van der Waals surface area (Å²) in [5.74, 6) is -1.92. The van der Waals surface area contributed by atoms with Gasteiger partial charge in [0.25, 0.3) is 0 Å². The quantitative estimate of drug-likeness (QED) is 0.575. The van der Waals surface area contributed by atoms with Gasteiger partial charge in [0.15, 0.2) is 0 Å². The van der Waals surface area contributed by atoms with Gasteiger partial charge in [-0.25, -0.2) is 0 Å². The number of carboxylic acid groups (broad SMARTS) is 2. The van der Waals surface area contributed by atoms with Crippen molar-refractivity contribution in [2.24, 2.45) is 11.5 Å². The van der Waals surface area contributed by atoms with Gasteiger partial charge in [0.05, 0.1) is 0 Å². The van der Waals surface area contributed by atoms with Crippen LogP contribution >= 0.6 is 0 Å². The fourth-order valence-corrected chi connectivity index (χ4v) is 1.91. The molecular weight excluding hydrogens is 368 g/mol. The van der Waals surface area contributed by atoms with Crippen LogP contribution in [0.15, 0.2) is 60.7 Å².